The van der Waals surface area contributed by atoms with Gasteiger partial charge in [-0.25, -0.2) is 0 Å². The van der Waals surface area contributed by atoms with Crippen LogP contribution in [0.4, 0.5) is 5.69 Å². The fourth-order valence-electron chi connectivity index (χ4n) is 2.70. The summed E-state index contributed by atoms with van der Waals surface area (Å²) in [6, 6.07) is 5.70. The number of benzene rings is 1. The second kappa shape index (κ2) is 7.35. The average Bonchev–Trinajstić information content (AvgIpc) is 2.48. The van der Waals surface area contributed by atoms with E-state index in [0.29, 0.717) is 17.2 Å². The zero-order valence-electron chi connectivity index (χ0n) is 12.3. The molecule has 1 aromatic rings. The van der Waals surface area contributed by atoms with Crippen molar-refractivity contribution in [1.82, 2.24) is 10.6 Å². The molecule has 2 amide bonds. The van der Waals surface area contributed by atoms with Gasteiger partial charge in [-0.15, -0.1) is 24.2 Å². The number of carbonyl (C=O) groups excluding carboxylic acids is 2. The van der Waals surface area contributed by atoms with E-state index >= 15 is 0 Å². The van der Waals surface area contributed by atoms with E-state index in [-0.39, 0.29) is 30.3 Å². The summed E-state index contributed by atoms with van der Waals surface area (Å²) in [7, 11) is 0. The Morgan fingerprint density at radius 1 is 1.41 bits per heavy atom. The second-order valence-electron chi connectivity index (χ2n) is 5.60. The number of fused-ring (bicyclic) bond motifs is 1. The summed E-state index contributed by atoms with van der Waals surface area (Å²) in [6.45, 7) is 4.01. The van der Waals surface area contributed by atoms with E-state index in [0.717, 1.165) is 30.1 Å². The van der Waals surface area contributed by atoms with Crippen LogP contribution >= 0.6 is 24.2 Å². The first-order valence-electron chi connectivity index (χ1n) is 7.22. The molecule has 0 aliphatic carbocycles. The third-order valence-electron chi connectivity index (χ3n) is 3.98. The van der Waals surface area contributed by atoms with Gasteiger partial charge in [0.25, 0.3) is 5.91 Å². The van der Waals surface area contributed by atoms with Gasteiger partial charge in [0.1, 0.15) is 0 Å². The van der Waals surface area contributed by atoms with Gasteiger partial charge in [0.2, 0.25) is 5.91 Å². The maximum Gasteiger partial charge on any atom is 0.251 e. The lowest BCUT2D eigenvalue weighted by Crippen LogP contribution is -2.48. The van der Waals surface area contributed by atoms with Crippen LogP contribution in [0.25, 0.3) is 0 Å². The highest BCUT2D eigenvalue weighted by Gasteiger charge is 2.24. The van der Waals surface area contributed by atoms with Crippen LogP contribution < -0.4 is 16.0 Å². The predicted octanol–water partition coefficient (Wildman–Crippen LogP) is 1.88. The summed E-state index contributed by atoms with van der Waals surface area (Å²) in [4.78, 5) is 24.8. The van der Waals surface area contributed by atoms with Crippen LogP contribution in [0.3, 0.4) is 0 Å². The van der Waals surface area contributed by atoms with Crippen molar-refractivity contribution in [2.24, 2.45) is 5.92 Å². The molecular weight excluding hydrogens is 322 g/mol. The lowest BCUT2D eigenvalue weighted by molar-refractivity contribution is -0.113. The summed E-state index contributed by atoms with van der Waals surface area (Å²) >= 11 is 1.50. The molecule has 0 aromatic heterocycles. The summed E-state index contributed by atoms with van der Waals surface area (Å²) in [5, 5.41) is 9.24. The SMILES string of the molecule is CC1CNCCC1NC(=O)c1ccc2c(c1)NC(=O)CS2.Cl. The first kappa shape index (κ1) is 17.1. The number of anilines is 1. The van der Waals surface area contributed by atoms with Gasteiger partial charge in [-0.3, -0.25) is 9.59 Å². The van der Waals surface area contributed by atoms with Crippen LogP contribution in [-0.2, 0) is 4.79 Å². The van der Waals surface area contributed by atoms with Crippen molar-refractivity contribution in [3.05, 3.63) is 23.8 Å². The lowest BCUT2D eigenvalue weighted by Gasteiger charge is -2.30. The summed E-state index contributed by atoms with van der Waals surface area (Å²) in [6.07, 6.45) is 0.949. The smallest absolute Gasteiger partial charge is 0.251 e. The second-order valence-corrected chi connectivity index (χ2v) is 6.62. The first-order chi connectivity index (χ1) is 10.1. The van der Waals surface area contributed by atoms with Gasteiger partial charge in [0.15, 0.2) is 0 Å². The highest BCUT2D eigenvalue weighted by Crippen LogP contribution is 2.32. The van der Waals surface area contributed by atoms with Crippen LogP contribution in [0.1, 0.15) is 23.7 Å². The maximum absolute atomic E-state index is 12.4. The minimum Gasteiger partial charge on any atom is -0.349 e. The number of carbonyl (C=O) groups is 2. The molecule has 2 aliphatic rings. The predicted molar refractivity (Wildman–Crippen MR) is 90.9 cm³/mol. The van der Waals surface area contributed by atoms with Crippen molar-refractivity contribution in [3.8, 4) is 0 Å². The molecule has 1 aromatic carbocycles. The monoisotopic (exact) mass is 341 g/mol. The summed E-state index contributed by atoms with van der Waals surface area (Å²) < 4.78 is 0. The molecule has 1 saturated heterocycles. The summed E-state index contributed by atoms with van der Waals surface area (Å²) in [5.41, 5.74) is 1.34. The molecule has 2 aliphatic heterocycles. The number of rotatable bonds is 2. The molecular formula is C15H20ClN3O2S. The van der Waals surface area contributed by atoms with Crippen molar-refractivity contribution in [3.63, 3.8) is 0 Å². The zero-order valence-corrected chi connectivity index (χ0v) is 14.0. The molecule has 0 saturated carbocycles. The molecule has 0 spiro atoms. The molecule has 0 bridgehead atoms. The third kappa shape index (κ3) is 3.74. The van der Waals surface area contributed by atoms with E-state index in [9.17, 15) is 9.59 Å². The van der Waals surface area contributed by atoms with Crippen LogP contribution in [0.15, 0.2) is 23.1 Å². The average molecular weight is 342 g/mol. The highest BCUT2D eigenvalue weighted by atomic mass is 35.5. The van der Waals surface area contributed by atoms with Crippen LogP contribution in [0.5, 0.6) is 0 Å². The Balaban J connectivity index is 0.00000176. The minimum absolute atomic E-state index is 0. The number of hydrogen-bond acceptors (Lipinski definition) is 4. The van der Waals surface area contributed by atoms with Gasteiger partial charge in [0.05, 0.1) is 11.4 Å². The topological polar surface area (TPSA) is 70.2 Å². The van der Waals surface area contributed by atoms with E-state index in [2.05, 4.69) is 22.9 Å². The number of nitrogens with one attached hydrogen (secondary N) is 3. The molecule has 3 rings (SSSR count). The van der Waals surface area contributed by atoms with Gasteiger partial charge in [-0.05, 0) is 43.6 Å². The first-order valence-corrected chi connectivity index (χ1v) is 8.20. The molecule has 5 nitrogen and oxygen atoms in total. The number of halogens is 1. The lowest BCUT2D eigenvalue weighted by atomic mass is 9.95. The van der Waals surface area contributed by atoms with Crippen molar-refractivity contribution in [2.75, 3.05) is 24.2 Å². The van der Waals surface area contributed by atoms with Crippen LogP contribution in [-0.4, -0.2) is 36.7 Å². The molecule has 3 N–H and O–H groups in total. The van der Waals surface area contributed by atoms with Crippen molar-refractivity contribution >= 4 is 41.7 Å². The van der Waals surface area contributed by atoms with Crippen LogP contribution in [0.2, 0.25) is 0 Å². The number of thioether (sulfide) groups is 1. The highest BCUT2D eigenvalue weighted by molar-refractivity contribution is 8.00. The van der Waals surface area contributed by atoms with E-state index in [1.165, 1.54) is 11.8 Å². The fraction of sp³-hybridized carbons (Fsp3) is 0.467. The van der Waals surface area contributed by atoms with E-state index < -0.39 is 0 Å². The Morgan fingerprint density at radius 3 is 3.00 bits per heavy atom. The Labute approximate surface area is 140 Å². The van der Waals surface area contributed by atoms with Gasteiger partial charge < -0.3 is 16.0 Å². The minimum atomic E-state index is -0.0682. The molecule has 2 heterocycles. The number of piperidine rings is 1. The van der Waals surface area contributed by atoms with E-state index in [1.54, 1.807) is 6.07 Å². The Kier molecular flexibility index (Phi) is 5.72. The zero-order chi connectivity index (χ0) is 14.8. The summed E-state index contributed by atoms with van der Waals surface area (Å²) in [5.74, 6) is 0.777. The van der Waals surface area contributed by atoms with Gasteiger partial charge in [-0.1, -0.05) is 6.92 Å². The van der Waals surface area contributed by atoms with E-state index in [1.807, 2.05) is 12.1 Å². The fourth-order valence-corrected chi connectivity index (χ4v) is 3.49. The Hall–Kier alpha value is -1.24. The van der Waals surface area contributed by atoms with Crippen molar-refractivity contribution in [2.45, 2.75) is 24.3 Å². The quantitative estimate of drug-likeness (QED) is 0.768. The maximum atomic E-state index is 12.4. The normalized spacial score (nSPS) is 23.8. The van der Waals surface area contributed by atoms with Crippen molar-refractivity contribution in [1.29, 1.82) is 0 Å². The third-order valence-corrected chi connectivity index (χ3v) is 5.05. The van der Waals surface area contributed by atoms with Gasteiger partial charge in [0, 0.05) is 16.5 Å². The number of hydrogen-bond donors (Lipinski definition) is 3. The molecule has 2 unspecified atom stereocenters. The molecule has 120 valence electrons. The van der Waals surface area contributed by atoms with Crippen molar-refractivity contribution < 1.29 is 9.59 Å². The van der Waals surface area contributed by atoms with Crippen LogP contribution in [0, 0.1) is 5.92 Å². The number of amides is 2. The Bertz CT molecular complexity index is 582. The Morgan fingerprint density at radius 2 is 2.23 bits per heavy atom. The molecule has 7 heteroatoms. The molecule has 2 atom stereocenters. The largest absolute Gasteiger partial charge is 0.349 e. The van der Waals surface area contributed by atoms with Gasteiger partial charge >= 0.3 is 0 Å². The molecule has 1 fully saturated rings. The van der Waals surface area contributed by atoms with E-state index in [4.69, 9.17) is 0 Å². The molecule has 0 radical (unpaired) electrons. The van der Waals surface area contributed by atoms with Gasteiger partial charge in [-0.2, -0.15) is 0 Å². The molecule has 22 heavy (non-hydrogen) atoms. The standard InChI is InChI=1S/C15H19N3O2S.ClH/c1-9-7-16-5-4-11(9)18-15(20)10-2-3-13-12(6-10)17-14(19)8-21-13;/h2-3,6,9,11,16H,4-5,7-8H2,1H3,(H,17,19)(H,18,20);1H.